The van der Waals surface area contributed by atoms with Crippen molar-refractivity contribution in [3.8, 4) is 0 Å². The molecule has 0 aliphatic heterocycles. The van der Waals surface area contributed by atoms with E-state index in [1.807, 2.05) is 0 Å². The van der Waals surface area contributed by atoms with Gasteiger partial charge in [0.05, 0.1) is 0 Å². The van der Waals surface area contributed by atoms with E-state index in [4.69, 9.17) is 0 Å². The summed E-state index contributed by atoms with van der Waals surface area (Å²) in [6, 6.07) is 0.807. The van der Waals surface area contributed by atoms with Gasteiger partial charge in [-0.05, 0) is 50.0 Å². The van der Waals surface area contributed by atoms with Gasteiger partial charge in [-0.2, -0.15) is 0 Å². The second-order valence-electron chi connectivity index (χ2n) is 5.99. The largest absolute Gasteiger partial charge is 0.316 e. The molecule has 0 aromatic heterocycles. The van der Waals surface area contributed by atoms with Gasteiger partial charge in [-0.25, -0.2) is 0 Å². The number of hydrogen-bond donors (Lipinski definition) is 1. The molecule has 0 bridgehead atoms. The van der Waals surface area contributed by atoms with Crippen LogP contribution in [-0.2, 0) is 0 Å². The van der Waals surface area contributed by atoms with E-state index in [1.54, 1.807) is 0 Å². The Morgan fingerprint density at radius 1 is 1.14 bits per heavy atom. The first-order valence-corrected chi connectivity index (χ1v) is 6.32. The molecule has 2 fully saturated rings. The minimum atomic E-state index is 0.587. The maximum Gasteiger partial charge on any atom is 0.0126 e. The van der Waals surface area contributed by atoms with Crippen molar-refractivity contribution in [3.63, 3.8) is 0 Å². The lowest BCUT2D eigenvalue weighted by Gasteiger charge is -2.42. The Kier molecular flexibility index (Phi) is 2.88. The van der Waals surface area contributed by atoms with Crippen LogP contribution in [0.2, 0.25) is 0 Å². The Balaban J connectivity index is 2.03. The van der Waals surface area contributed by atoms with E-state index in [2.05, 4.69) is 26.2 Å². The molecule has 0 saturated heterocycles. The molecule has 2 atom stereocenters. The van der Waals surface area contributed by atoms with Gasteiger partial charge in [-0.15, -0.1) is 0 Å². The van der Waals surface area contributed by atoms with Crippen molar-refractivity contribution in [3.05, 3.63) is 0 Å². The maximum atomic E-state index is 3.60. The zero-order valence-corrected chi connectivity index (χ0v) is 9.97. The molecule has 2 unspecified atom stereocenters. The lowest BCUT2D eigenvalue weighted by molar-refractivity contribution is 0.117. The van der Waals surface area contributed by atoms with Crippen LogP contribution in [0.4, 0.5) is 0 Å². The molecular weight excluding hydrogens is 170 g/mol. The molecule has 1 nitrogen and oxygen atoms in total. The maximum absolute atomic E-state index is 3.60. The van der Waals surface area contributed by atoms with Gasteiger partial charge in [0.15, 0.2) is 0 Å². The first-order valence-electron chi connectivity index (χ1n) is 6.32. The van der Waals surface area contributed by atoms with Crippen LogP contribution in [0, 0.1) is 17.3 Å². The van der Waals surface area contributed by atoms with E-state index < -0.39 is 0 Å². The van der Waals surface area contributed by atoms with E-state index in [-0.39, 0.29) is 0 Å². The average molecular weight is 195 g/mol. The molecule has 1 N–H and O–H groups in total. The normalized spacial score (nSPS) is 34.1. The predicted octanol–water partition coefficient (Wildman–Crippen LogP) is 3.20. The van der Waals surface area contributed by atoms with Gasteiger partial charge in [-0.3, -0.25) is 0 Å². The number of hydrogen-bond acceptors (Lipinski definition) is 1. The summed E-state index contributed by atoms with van der Waals surface area (Å²) in [6.45, 7) is 4.93. The molecule has 2 aliphatic carbocycles. The van der Waals surface area contributed by atoms with Crippen molar-refractivity contribution in [1.29, 1.82) is 0 Å². The third-order valence-corrected chi connectivity index (χ3v) is 4.76. The monoisotopic (exact) mass is 195 g/mol. The summed E-state index contributed by atoms with van der Waals surface area (Å²) in [5, 5.41) is 3.60. The van der Waals surface area contributed by atoms with E-state index in [0.717, 1.165) is 17.9 Å². The molecule has 2 rings (SSSR count). The summed E-state index contributed by atoms with van der Waals surface area (Å²) in [5.74, 6) is 1.92. The fourth-order valence-electron chi connectivity index (χ4n) is 3.58. The van der Waals surface area contributed by atoms with Crippen LogP contribution in [0.3, 0.4) is 0 Å². The van der Waals surface area contributed by atoms with Crippen LogP contribution in [0.15, 0.2) is 0 Å². The minimum Gasteiger partial charge on any atom is -0.316 e. The van der Waals surface area contributed by atoms with E-state index >= 15 is 0 Å². The summed E-state index contributed by atoms with van der Waals surface area (Å²) >= 11 is 0. The van der Waals surface area contributed by atoms with Crippen LogP contribution >= 0.6 is 0 Å². The Bertz CT molecular complexity index is 193. The van der Waals surface area contributed by atoms with Gasteiger partial charge in [-0.1, -0.05) is 26.7 Å². The second-order valence-corrected chi connectivity index (χ2v) is 5.99. The quantitative estimate of drug-likeness (QED) is 0.729. The van der Waals surface area contributed by atoms with Crippen LogP contribution in [0.5, 0.6) is 0 Å². The zero-order chi connectivity index (χ0) is 10.2. The van der Waals surface area contributed by atoms with Gasteiger partial charge < -0.3 is 5.32 Å². The summed E-state index contributed by atoms with van der Waals surface area (Å²) < 4.78 is 0. The molecule has 14 heavy (non-hydrogen) atoms. The molecule has 2 aliphatic rings. The Morgan fingerprint density at radius 2 is 1.86 bits per heavy atom. The first kappa shape index (κ1) is 10.5. The van der Waals surface area contributed by atoms with Gasteiger partial charge in [0.1, 0.15) is 0 Å². The minimum absolute atomic E-state index is 0.587. The number of rotatable bonds is 3. The molecule has 0 heterocycles. The first-order chi connectivity index (χ1) is 6.65. The smallest absolute Gasteiger partial charge is 0.0126 e. The Morgan fingerprint density at radius 3 is 2.21 bits per heavy atom. The highest BCUT2D eigenvalue weighted by atomic mass is 14.9. The van der Waals surface area contributed by atoms with Gasteiger partial charge in [0.25, 0.3) is 0 Å². The molecule has 0 aromatic rings. The van der Waals surface area contributed by atoms with Gasteiger partial charge in [0.2, 0.25) is 0 Å². The SMILES string of the molecule is CNC(C1CCC1)C1CCCC1(C)C. The summed E-state index contributed by atoms with van der Waals surface area (Å²) in [7, 11) is 2.16. The van der Waals surface area contributed by atoms with Crippen molar-refractivity contribution in [2.24, 2.45) is 17.3 Å². The van der Waals surface area contributed by atoms with Gasteiger partial charge >= 0.3 is 0 Å². The van der Waals surface area contributed by atoms with Crippen molar-refractivity contribution in [2.45, 2.75) is 58.4 Å². The van der Waals surface area contributed by atoms with Crippen molar-refractivity contribution in [1.82, 2.24) is 5.32 Å². The fourth-order valence-corrected chi connectivity index (χ4v) is 3.58. The lowest BCUT2D eigenvalue weighted by atomic mass is 9.68. The van der Waals surface area contributed by atoms with Crippen molar-refractivity contribution >= 4 is 0 Å². The highest BCUT2D eigenvalue weighted by molar-refractivity contribution is 4.96. The van der Waals surface area contributed by atoms with E-state index in [1.165, 1.54) is 38.5 Å². The van der Waals surface area contributed by atoms with E-state index in [9.17, 15) is 0 Å². The Hall–Kier alpha value is -0.0400. The average Bonchev–Trinajstić information content (AvgIpc) is 2.37. The topological polar surface area (TPSA) is 12.0 Å². The molecule has 2 saturated carbocycles. The molecule has 1 heteroatoms. The van der Waals surface area contributed by atoms with Crippen LogP contribution in [-0.4, -0.2) is 13.1 Å². The van der Waals surface area contributed by atoms with Crippen LogP contribution in [0.1, 0.15) is 52.4 Å². The van der Waals surface area contributed by atoms with Crippen molar-refractivity contribution < 1.29 is 0 Å². The van der Waals surface area contributed by atoms with E-state index in [0.29, 0.717) is 5.41 Å². The number of nitrogens with one attached hydrogen (secondary N) is 1. The summed E-state index contributed by atoms with van der Waals surface area (Å²) in [5.41, 5.74) is 0.587. The third-order valence-electron chi connectivity index (χ3n) is 4.76. The van der Waals surface area contributed by atoms with Gasteiger partial charge in [0, 0.05) is 6.04 Å². The van der Waals surface area contributed by atoms with Crippen LogP contribution in [0.25, 0.3) is 0 Å². The highest BCUT2D eigenvalue weighted by Gasteiger charge is 2.42. The highest BCUT2D eigenvalue weighted by Crippen LogP contribution is 2.48. The Labute approximate surface area is 88.7 Å². The molecule has 0 aromatic carbocycles. The molecule has 0 radical (unpaired) electrons. The van der Waals surface area contributed by atoms with Crippen LogP contribution < -0.4 is 5.32 Å². The molecule has 0 spiro atoms. The molecular formula is C13H25N. The molecule has 0 amide bonds. The standard InChI is InChI=1S/C13H25N/c1-13(2)9-5-8-11(13)12(14-3)10-6-4-7-10/h10-12,14H,4-9H2,1-3H3. The third kappa shape index (κ3) is 1.71. The predicted molar refractivity (Wildman–Crippen MR) is 61.3 cm³/mol. The summed E-state index contributed by atoms with van der Waals surface area (Å²) in [6.07, 6.45) is 8.74. The molecule has 82 valence electrons. The van der Waals surface area contributed by atoms with Crippen molar-refractivity contribution in [2.75, 3.05) is 7.05 Å². The zero-order valence-electron chi connectivity index (χ0n) is 9.97. The second kappa shape index (κ2) is 3.84. The lowest BCUT2D eigenvalue weighted by Crippen LogP contribution is -2.46. The fraction of sp³-hybridized carbons (Fsp3) is 1.00. The summed E-state index contributed by atoms with van der Waals surface area (Å²) in [4.78, 5) is 0.